The van der Waals surface area contributed by atoms with E-state index in [2.05, 4.69) is 33.4 Å². The molecular weight excluding hydrogens is 324 g/mol. The van der Waals surface area contributed by atoms with Crippen molar-refractivity contribution in [2.75, 3.05) is 18.8 Å². The average molecular weight is 348 g/mol. The second-order valence-electron chi connectivity index (χ2n) is 6.31. The zero-order valence-corrected chi connectivity index (χ0v) is 14.7. The molecule has 7 heteroatoms. The van der Waals surface area contributed by atoms with Crippen molar-refractivity contribution in [3.8, 4) is 0 Å². The summed E-state index contributed by atoms with van der Waals surface area (Å²) in [6.45, 7) is 8.41. The molecule has 0 aromatic carbocycles. The fourth-order valence-corrected chi connectivity index (χ4v) is 4.27. The minimum absolute atomic E-state index is 0.105. The number of fused-ring (bicyclic) bond motifs is 1. The Bertz CT molecular complexity index is 769. The summed E-state index contributed by atoms with van der Waals surface area (Å²) in [6.07, 6.45) is 5.22. The van der Waals surface area contributed by atoms with Gasteiger partial charge in [-0.2, -0.15) is 0 Å². The highest BCUT2D eigenvalue weighted by molar-refractivity contribution is 8.03. The number of H-pyrrole nitrogens is 2. The Morgan fingerprint density at radius 2 is 2.33 bits per heavy atom. The first-order valence-corrected chi connectivity index (χ1v) is 9.34. The van der Waals surface area contributed by atoms with Gasteiger partial charge in [-0.05, 0) is 17.1 Å². The van der Waals surface area contributed by atoms with E-state index < -0.39 is 0 Å². The quantitative estimate of drug-likeness (QED) is 0.667. The summed E-state index contributed by atoms with van der Waals surface area (Å²) in [7, 11) is 0. The Morgan fingerprint density at radius 3 is 3.12 bits per heavy atom. The number of aliphatic hydroxyl groups excluding tert-OH is 1. The largest absolute Gasteiger partial charge is 0.391 e. The summed E-state index contributed by atoms with van der Waals surface area (Å²) < 4.78 is 0. The fraction of sp³-hybridized carbons (Fsp3) is 0.529. The third-order valence-electron chi connectivity index (χ3n) is 4.51. The Balaban J connectivity index is 1.65. The Morgan fingerprint density at radius 1 is 1.50 bits per heavy atom. The normalized spacial score (nSPS) is 21.6. The number of hydrogen-bond acceptors (Lipinski definition) is 5. The zero-order chi connectivity index (χ0) is 17.1. The highest BCUT2D eigenvalue weighted by Gasteiger charge is 2.33. The van der Waals surface area contributed by atoms with E-state index in [9.17, 15) is 9.90 Å². The van der Waals surface area contributed by atoms with E-state index in [1.54, 1.807) is 11.8 Å². The van der Waals surface area contributed by atoms with Crippen molar-refractivity contribution in [2.24, 2.45) is 5.92 Å². The molecule has 1 fully saturated rings. The first-order valence-electron chi connectivity index (χ1n) is 8.35. The van der Waals surface area contributed by atoms with Crippen molar-refractivity contribution in [1.29, 1.82) is 0 Å². The van der Waals surface area contributed by atoms with Crippen molar-refractivity contribution in [2.45, 2.75) is 32.4 Å². The molecule has 1 aliphatic heterocycles. The van der Waals surface area contributed by atoms with Crippen LogP contribution in [0.25, 0.3) is 11.0 Å². The minimum Gasteiger partial charge on any atom is -0.391 e. The topological polar surface area (TPSA) is 85.0 Å². The van der Waals surface area contributed by atoms with Gasteiger partial charge < -0.3 is 15.1 Å². The van der Waals surface area contributed by atoms with Crippen molar-refractivity contribution >= 4 is 22.8 Å². The summed E-state index contributed by atoms with van der Waals surface area (Å²) in [5.41, 5.74) is 2.02. The van der Waals surface area contributed by atoms with Gasteiger partial charge >= 0.3 is 0 Å². The van der Waals surface area contributed by atoms with Crippen LogP contribution in [0.15, 0.2) is 28.8 Å². The van der Waals surface area contributed by atoms with E-state index in [-0.39, 0.29) is 17.6 Å². The third kappa shape index (κ3) is 3.58. The maximum Gasteiger partial charge on any atom is 0.275 e. The third-order valence-corrected chi connectivity index (χ3v) is 5.67. The summed E-state index contributed by atoms with van der Waals surface area (Å²) in [4.78, 5) is 24.9. The van der Waals surface area contributed by atoms with Crippen molar-refractivity contribution < 1.29 is 5.11 Å². The second-order valence-corrected chi connectivity index (χ2v) is 7.53. The molecule has 24 heavy (non-hydrogen) atoms. The van der Waals surface area contributed by atoms with Crippen molar-refractivity contribution in [3.05, 3.63) is 39.9 Å². The van der Waals surface area contributed by atoms with Crippen LogP contribution in [0.4, 0.5) is 0 Å². The second kappa shape index (κ2) is 7.55. The Hall–Kier alpha value is -1.57. The molecule has 3 N–H and O–H groups in total. The number of hydrogen-bond donors (Lipinski definition) is 3. The van der Waals surface area contributed by atoms with Gasteiger partial charge in [-0.1, -0.05) is 19.9 Å². The number of nitrogens with one attached hydrogen (secondary N) is 2. The molecule has 6 nitrogen and oxygen atoms in total. The van der Waals surface area contributed by atoms with Crippen molar-refractivity contribution in [1.82, 2.24) is 19.9 Å². The molecule has 2 aromatic rings. The van der Waals surface area contributed by atoms with Crippen LogP contribution >= 0.6 is 11.8 Å². The molecular formula is C17H24N4O2S. The number of unbranched alkanes of at least 4 members (excludes halogenated alkanes) is 1. The number of aliphatic hydroxyl groups is 1. The van der Waals surface area contributed by atoms with E-state index in [0.29, 0.717) is 24.1 Å². The monoisotopic (exact) mass is 348 g/mol. The van der Waals surface area contributed by atoms with Crippen LogP contribution < -0.4 is 5.56 Å². The number of β-amino-alcohol motifs (C(OH)–C–C–N with tert-alkyl or cyclic N) is 1. The lowest BCUT2D eigenvalue weighted by molar-refractivity contribution is 0.155. The van der Waals surface area contributed by atoms with Gasteiger partial charge in [0.25, 0.3) is 5.56 Å². The zero-order valence-electron chi connectivity index (χ0n) is 13.9. The maximum atomic E-state index is 11.8. The van der Waals surface area contributed by atoms with Crippen LogP contribution in [0.2, 0.25) is 0 Å². The van der Waals surface area contributed by atoms with Crippen LogP contribution in [0.5, 0.6) is 0 Å². The molecule has 3 heterocycles. The van der Waals surface area contributed by atoms with Crippen LogP contribution in [-0.2, 0) is 6.54 Å². The minimum atomic E-state index is -0.381. The smallest absolute Gasteiger partial charge is 0.275 e. The lowest BCUT2D eigenvalue weighted by Crippen LogP contribution is -2.21. The molecule has 0 aliphatic carbocycles. The van der Waals surface area contributed by atoms with Crippen LogP contribution in [0.1, 0.15) is 25.3 Å². The number of thioether (sulfide) groups is 1. The SMILES string of the molecule is C=C(SCCCC)C1CN(Cc2c[nH]c3c(=O)[nH]cnc23)CC1O. The maximum absolute atomic E-state index is 11.8. The fourth-order valence-electron chi connectivity index (χ4n) is 3.13. The molecule has 2 atom stereocenters. The molecule has 2 aromatic heterocycles. The molecule has 1 saturated heterocycles. The number of aromatic amines is 2. The predicted octanol–water partition coefficient (Wildman–Crippen LogP) is 2.09. The first kappa shape index (κ1) is 17.3. The summed E-state index contributed by atoms with van der Waals surface area (Å²) >= 11 is 1.77. The van der Waals surface area contributed by atoms with Crippen molar-refractivity contribution in [3.63, 3.8) is 0 Å². The van der Waals surface area contributed by atoms with Gasteiger partial charge in [0.15, 0.2) is 0 Å². The molecule has 130 valence electrons. The molecule has 0 saturated carbocycles. The van der Waals surface area contributed by atoms with E-state index in [0.717, 1.165) is 22.8 Å². The van der Waals surface area contributed by atoms with Gasteiger partial charge in [-0.3, -0.25) is 9.69 Å². The molecule has 1 aliphatic rings. The molecule has 2 unspecified atom stereocenters. The number of nitrogens with zero attached hydrogens (tertiary/aromatic N) is 2. The van der Waals surface area contributed by atoms with Gasteiger partial charge in [-0.25, -0.2) is 4.98 Å². The van der Waals surface area contributed by atoms with Gasteiger partial charge in [0.2, 0.25) is 0 Å². The van der Waals surface area contributed by atoms with E-state index in [1.165, 1.54) is 19.2 Å². The molecule has 0 spiro atoms. The van der Waals surface area contributed by atoms with Gasteiger partial charge in [0, 0.05) is 37.3 Å². The summed E-state index contributed by atoms with van der Waals surface area (Å²) in [6, 6.07) is 0. The Labute approximate surface area is 145 Å². The van der Waals surface area contributed by atoms with E-state index >= 15 is 0 Å². The number of rotatable bonds is 7. The van der Waals surface area contributed by atoms with Gasteiger partial charge in [0.05, 0.1) is 17.9 Å². The highest BCUT2D eigenvalue weighted by atomic mass is 32.2. The Kier molecular flexibility index (Phi) is 5.43. The van der Waals surface area contributed by atoms with E-state index in [1.807, 2.05) is 6.20 Å². The lowest BCUT2D eigenvalue weighted by Gasteiger charge is -2.16. The van der Waals surface area contributed by atoms with Crippen LogP contribution in [0, 0.1) is 5.92 Å². The van der Waals surface area contributed by atoms with Crippen LogP contribution in [0.3, 0.4) is 0 Å². The molecule has 0 bridgehead atoms. The molecule has 0 amide bonds. The highest BCUT2D eigenvalue weighted by Crippen LogP contribution is 2.32. The predicted molar refractivity (Wildman–Crippen MR) is 98.0 cm³/mol. The number of likely N-dealkylation sites (tertiary alicyclic amines) is 1. The summed E-state index contributed by atoms with van der Waals surface area (Å²) in [5, 5.41) is 10.4. The van der Waals surface area contributed by atoms with E-state index in [4.69, 9.17) is 0 Å². The van der Waals surface area contributed by atoms with Gasteiger partial charge in [0.1, 0.15) is 5.52 Å². The van der Waals surface area contributed by atoms with Crippen LogP contribution in [-0.4, -0.2) is 49.9 Å². The first-order chi connectivity index (χ1) is 11.6. The lowest BCUT2D eigenvalue weighted by atomic mass is 10.1. The molecule has 3 rings (SSSR count). The van der Waals surface area contributed by atoms with Gasteiger partial charge in [-0.15, -0.1) is 11.8 Å². The average Bonchev–Trinajstić information content (AvgIpc) is 3.13. The molecule has 0 radical (unpaired) electrons. The standard InChI is InChI=1S/C17H24N4O2S/c1-3-4-5-24-11(2)13-8-21(9-14(13)22)7-12-6-18-16-15(12)19-10-20-17(16)23/h6,10,13-14,18,22H,2-5,7-9H2,1H3,(H,19,20,23). The number of aromatic nitrogens is 3. The summed E-state index contributed by atoms with van der Waals surface area (Å²) in [5.74, 6) is 1.17.